The first-order valence-electron chi connectivity index (χ1n) is 9.10. The number of halogens is 5. The molecule has 0 fully saturated rings. The van der Waals surface area contributed by atoms with Crippen molar-refractivity contribution in [2.45, 2.75) is 13.1 Å². The second-order valence-electron chi connectivity index (χ2n) is 6.69. The Bertz CT molecular complexity index is 1290. The molecule has 0 bridgehead atoms. The van der Waals surface area contributed by atoms with E-state index >= 15 is 0 Å². The van der Waals surface area contributed by atoms with E-state index in [1.54, 1.807) is 6.07 Å². The van der Waals surface area contributed by atoms with Crippen molar-refractivity contribution in [2.75, 3.05) is 5.32 Å². The molecule has 0 aliphatic heterocycles. The summed E-state index contributed by atoms with van der Waals surface area (Å²) in [5.41, 5.74) is -1.60. The molecule has 32 heavy (non-hydrogen) atoms. The zero-order valence-corrected chi connectivity index (χ0v) is 17.0. The lowest BCUT2D eigenvalue weighted by Crippen LogP contribution is -2.16. The fourth-order valence-corrected chi connectivity index (χ4v) is 3.46. The van der Waals surface area contributed by atoms with Gasteiger partial charge in [-0.3, -0.25) is 4.79 Å². The largest absolute Gasteiger partial charge is 0.434 e. The van der Waals surface area contributed by atoms with Crippen LogP contribution in [0.25, 0.3) is 28.3 Å². The molecule has 1 amide bonds. The molecule has 0 aliphatic carbocycles. The lowest BCUT2D eigenvalue weighted by atomic mass is 10.1. The maximum atomic E-state index is 14.2. The van der Waals surface area contributed by atoms with Crippen LogP contribution in [0.1, 0.15) is 12.6 Å². The van der Waals surface area contributed by atoms with Crippen molar-refractivity contribution in [3.05, 3.63) is 71.3 Å². The summed E-state index contributed by atoms with van der Waals surface area (Å²) in [4.78, 5) is 11.5. The number of carbonyl (C=O) groups excluding carboxylic acids is 1. The van der Waals surface area contributed by atoms with E-state index < -0.39 is 29.2 Å². The molecule has 4 rings (SSSR count). The summed E-state index contributed by atoms with van der Waals surface area (Å²) in [5, 5.41) is 10.1. The summed E-state index contributed by atoms with van der Waals surface area (Å²) in [7, 11) is 0. The van der Waals surface area contributed by atoms with Crippen molar-refractivity contribution < 1.29 is 26.9 Å². The Kier molecular flexibility index (Phi) is 5.47. The highest BCUT2D eigenvalue weighted by atomic mass is 35.5. The molecule has 0 atom stereocenters. The van der Waals surface area contributed by atoms with E-state index in [-0.39, 0.29) is 33.4 Å². The van der Waals surface area contributed by atoms with Gasteiger partial charge in [-0.1, -0.05) is 35.0 Å². The molecule has 6 nitrogen and oxygen atoms in total. The van der Waals surface area contributed by atoms with Crippen molar-refractivity contribution in [1.82, 2.24) is 14.9 Å². The first-order valence-corrected chi connectivity index (χ1v) is 9.48. The molecule has 4 aromatic rings. The van der Waals surface area contributed by atoms with Gasteiger partial charge < -0.3 is 9.84 Å². The Balaban J connectivity index is 1.86. The zero-order chi connectivity index (χ0) is 23.0. The van der Waals surface area contributed by atoms with Crippen LogP contribution in [0.5, 0.6) is 0 Å². The Hall–Kier alpha value is -3.66. The average Bonchev–Trinajstić information content (AvgIpc) is 3.35. The van der Waals surface area contributed by atoms with Gasteiger partial charge >= 0.3 is 6.18 Å². The predicted molar refractivity (Wildman–Crippen MR) is 109 cm³/mol. The predicted octanol–water partition coefficient (Wildman–Crippen LogP) is 5.96. The first kappa shape index (κ1) is 21.6. The van der Waals surface area contributed by atoms with Crippen LogP contribution in [0.2, 0.25) is 5.02 Å². The number of rotatable bonds is 4. The zero-order valence-electron chi connectivity index (χ0n) is 16.2. The Morgan fingerprint density at radius 1 is 1.16 bits per heavy atom. The van der Waals surface area contributed by atoms with Gasteiger partial charge in [0, 0.05) is 13.0 Å². The van der Waals surface area contributed by atoms with Gasteiger partial charge in [-0.25, -0.2) is 9.07 Å². The van der Waals surface area contributed by atoms with Gasteiger partial charge in [-0.2, -0.15) is 18.3 Å². The lowest BCUT2D eigenvalue weighted by Gasteiger charge is -2.15. The number of para-hydroxylation sites is 2. The molecule has 0 radical (unpaired) electrons. The second-order valence-corrected chi connectivity index (χ2v) is 7.10. The van der Waals surface area contributed by atoms with Gasteiger partial charge in [0.05, 0.1) is 33.7 Å². The molecule has 1 N–H and O–H groups in total. The van der Waals surface area contributed by atoms with Crippen LogP contribution in [0, 0.1) is 5.82 Å². The number of anilines is 1. The third-order valence-corrected chi connectivity index (χ3v) is 4.79. The molecule has 0 saturated heterocycles. The maximum Gasteiger partial charge on any atom is 0.434 e. The summed E-state index contributed by atoms with van der Waals surface area (Å²) in [6.45, 7) is 1.24. The summed E-state index contributed by atoms with van der Waals surface area (Å²) in [5.74, 6) is -1.44. The van der Waals surface area contributed by atoms with Crippen LogP contribution >= 0.6 is 11.6 Å². The van der Waals surface area contributed by atoms with Crippen molar-refractivity contribution >= 4 is 23.2 Å². The van der Waals surface area contributed by atoms with Crippen LogP contribution in [-0.2, 0) is 11.0 Å². The van der Waals surface area contributed by atoms with E-state index in [2.05, 4.69) is 15.6 Å². The molecule has 11 heteroatoms. The molecule has 2 heterocycles. The number of hydrogen-bond acceptors (Lipinski definition) is 4. The van der Waals surface area contributed by atoms with Crippen molar-refractivity contribution in [1.29, 1.82) is 0 Å². The summed E-state index contributed by atoms with van der Waals surface area (Å²) in [6.07, 6.45) is -3.89. The molecule has 2 aromatic carbocycles. The molecular formula is C21H13ClF4N4O2. The number of aromatic nitrogens is 3. The van der Waals surface area contributed by atoms with E-state index in [9.17, 15) is 22.4 Å². The number of carbonyl (C=O) groups is 1. The van der Waals surface area contributed by atoms with Gasteiger partial charge in [-0.15, -0.1) is 0 Å². The van der Waals surface area contributed by atoms with Crippen molar-refractivity contribution in [3.8, 4) is 28.3 Å². The van der Waals surface area contributed by atoms with Gasteiger partial charge in [-0.05, 0) is 24.3 Å². The van der Waals surface area contributed by atoms with Gasteiger partial charge in [0.25, 0.3) is 0 Å². The second kappa shape index (κ2) is 8.12. The number of amides is 1. The van der Waals surface area contributed by atoms with Crippen molar-refractivity contribution in [2.24, 2.45) is 0 Å². The van der Waals surface area contributed by atoms with E-state index in [1.807, 2.05) is 0 Å². The van der Waals surface area contributed by atoms with Gasteiger partial charge in [0.15, 0.2) is 11.5 Å². The fraction of sp³-hybridized carbons (Fsp3) is 0.0952. The first-order chi connectivity index (χ1) is 15.2. The van der Waals surface area contributed by atoms with Crippen LogP contribution in [0.3, 0.4) is 0 Å². The topological polar surface area (TPSA) is 73.0 Å². The van der Waals surface area contributed by atoms with E-state index in [0.29, 0.717) is 4.68 Å². The molecule has 0 unspecified atom stereocenters. The molecule has 0 spiro atoms. The normalized spacial score (nSPS) is 11.6. The number of alkyl halides is 3. The number of nitrogens with one attached hydrogen (secondary N) is 1. The van der Waals surface area contributed by atoms with Gasteiger partial charge in [0.1, 0.15) is 11.5 Å². The highest BCUT2D eigenvalue weighted by molar-refractivity contribution is 6.33. The highest BCUT2D eigenvalue weighted by Crippen LogP contribution is 2.41. The Morgan fingerprint density at radius 3 is 2.59 bits per heavy atom. The third kappa shape index (κ3) is 3.96. The molecular weight excluding hydrogens is 452 g/mol. The molecule has 2 aromatic heterocycles. The Labute approximate surface area is 183 Å². The standard InChI is InChI=1S/C21H13ClF4N4O2/c1-11(31)28-15-7-2-3-8-17(15)30-20(21(24,25)26)12(10-27-30)18-9-16(29-32-18)19-13(22)5-4-6-14(19)23/h2-10H,1H3,(H,28,31). The van der Waals surface area contributed by atoms with Crippen LogP contribution in [0.4, 0.5) is 23.2 Å². The lowest BCUT2D eigenvalue weighted by molar-refractivity contribution is -0.142. The minimum Gasteiger partial charge on any atom is -0.356 e. The third-order valence-electron chi connectivity index (χ3n) is 4.48. The molecule has 0 saturated carbocycles. The SMILES string of the molecule is CC(=O)Nc1ccccc1-n1ncc(-c2cc(-c3c(F)cccc3Cl)no2)c1C(F)(F)F. The smallest absolute Gasteiger partial charge is 0.356 e. The number of benzene rings is 2. The monoisotopic (exact) mass is 464 g/mol. The summed E-state index contributed by atoms with van der Waals surface area (Å²) >= 11 is 6.01. The molecule has 0 aliphatic rings. The van der Waals surface area contributed by atoms with E-state index in [0.717, 1.165) is 18.3 Å². The highest BCUT2D eigenvalue weighted by Gasteiger charge is 2.40. The quantitative estimate of drug-likeness (QED) is 0.378. The van der Waals surface area contributed by atoms with Crippen molar-refractivity contribution in [3.63, 3.8) is 0 Å². The summed E-state index contributed by atoms with van der Waals surface area (Å²) in [6, 6.07) is 11.0. The average molecular weight is 465 g/mol. The van der Waals surface area contributed by atoms with E-state index in [1.165, 1.54) is 37.3 Å². The number of nitrogens with zero attached hydrogens (tertiary/aromatic N) is 3. The summed E-state index contributed by atoms with van der Waals surface area (Å²) < 4.78 is 62.2. The fourth-order valence-electron chi connectivity index (χ4n) is 3.20. The maximum absolute atomic E-state index is 14.2. The minimum atomic E-state index is -4.85. The van der Waals surface area contributed by atoms with Crippen LogP contribution < -0.4 is 5.32 Å². The van der Waals surface area contributed by atoms with E-state index in [4.69, 9.17) is 16.1 Å². The number of hydrogen-bond donors (Lipinski definition) is 1. The van der Waals surface area contributed by atoms with Crippen LogP contribution in [0.15, 0.2) is 59.3 Å². The molecule has 164 valence electrons. The Morgan fingerprint density at radius 2 is 1.91 bits per heavy atom. The minimum absolute atomic E-state index is 0.00170. The van der Waals surface area contributed by atoms with Gasteiger partial charge in [0.2, 0.25) is 5.91 Å². The van der Waals surface area contributed by atoms with Crippen LogP contribution in [-0.4, -0.2) is 20.8 Å².